The number of nitro groups is 1. The molecule has 0 aromatic heterocycles. The number of hydrogen-bond donors (Lipinski definition) is 1. The molecule has 1 N–H and O–H groups in total. The van der Waals surface area contributed by atoms with E-state index in [2.05, 4.69) is 13.8 Å². The molecular formula is C19H18N2O4. The fourth-order valence-electron chi connectivity index (χ4n) is 3.89. The summed E-state index contributed by atoms with van der Waals surface area (Å²) >= 11 is 0. The van der Waals surface area contributed by atoms with Gasteiger partial charge in [0.05, 0.1) is 10.3 Å². The van der Waals surface area contributed by atoms with Crippen molar-refractivity contribution in [3.8, 4) is 5.75 Å². The molecule has 2 aliphatic heterocycles. The molecule has 0 saturated carbocycles. The predicted octanol–water partition coefficient (Wildman–Crippen LogP) is 3.44. The molecule has 0 bridgehead atoms. The molecule has 2 heterocycles. The van der Waals surface area contributed by atoms with Gasteiger partial charge in [0.15, 0.2) is 0 Å². The Hall–Kier alpha value is -2.86. The third-order valence-corrected chi connectivity index (χ3v) is 5.26. The quantitative estimate of drug-likeness (QED) is 0.670. The van der Waals surface area contributed by atoms with Gasteiger partial charge in [-0.1, -0.05) is 18.2 Å². The largest absolute Gasteiger partial charge is 0.463 e. The Labute approximate surface area is 145 Å². The van der Waals surface area contributed by atoms with Gasteiger partial charge in [-0.2, -0.15) is 0 Å². The van der Waals surface area contributed by atoms with Gasteiger partial charge in [0.1, 0.15) is 12.5 Å². The number of nitrogens with zero attached hydrogens (tertiary/aromatic N) is 2. The van der Waals surface area contributed by atoms with Crippen molar-refractivity contribution in [2.45, 2.75) is 25.0 Å². The first-order chi connectivity index (χ1) is 11.9. The summed E-state index contributed by atoms with van der Waals surface area (Å²) in [5.74, 6) is 0.562. The van der Waals surface area contributed by atoms with E-state index in [1.54, 1.807) is 6.07 Å². The minimum absolute atomic E-state index is 0.0240. The highest BCUT2D eigenvalue weighted by Gasteiger charge is 2.58. The van der Waals surface area contributed by atoms with E-state index in [0.29, 0.717) is 11.3 Å². The van der Waals surface area contributed by atoms with E-state index in [0.717, 1.165) is 11.3 Å². The average Bonchev–Trinajstić information content (AvgIpc) is 2.78. The maximum atomic E-state index is 11.0. The predicted molar refractivity (Wildman–Crippen MR) is 94.5 cm³/mol. The second kappa shape index (κ2) is 5.07. The van der Waals surface area contributed by atoms with E-state index in [9.17, 15) is 15.2 Å². The van der Waals surface area contributed by atoms with Crippen LogP contribution in [0.15, 0.2) is 48.5 Å². The minimum atomic E-state index is -0.894. The molecule has 0 saturated heterocycles. The molecule has 4 rings (SSSR count). The van der Waals surface area contributed by atoms with Crippen molar-refractivity contribution in [2.75, 3.05) is 11.6 Å². The zero-order valence-corrected chi connectivity index (χ0v) is 14.0. The zero-order chi connectivity index (χ0) is 17.8. The summed E-state index contributed by atoms with van der Waals surface area (Å²) in [5.41, 5.74) is 1.36. The Bertz CT molecular complexity index is 906. The van der Waals surface area contributed by atoms with Gasteiger partial charge >= 0.3 is 0 Å². The topological polar surface area (TPSA) is 75.8 Å². The van der Waals surface area contributed by atoms with E-state index in [4.69, 9.17) is 4.74 Å². The highest BCUT2D eigenvalue weighted by molar-refractivity contribution is 5.72. The molecule has 25 heavy (non-hydrogen) atoms. The van der Waals surface area contributed by atoms with Crippen molar-refractivity contribution in [1.29, 1.82) is 0 Å². The van der Waals surface area contributed by atoms with E-state index in [1.165, 1.54) is 12.1 Å². The Morgan fingerprint density at radius 3 is 2.72 bits per heavy atom. The van der Waals surface area contributed by atoms with Crippen LogP contribution in [0.5, 0.6) is 5.75 Å². The number of benzene rings is 2. The SMILES string of the molecule is CC1(C)c2ccccc2N(CO)C12C=Cc1cc([N+](=O)[O-])ccc1O2. The molecule has 2 aromatic carbocycles. The summed E-state index contributed by atoms with van der Waals surface area (Å²) < 4.78 is 6.37. The maximum Gasteiger partial charge on any atom is 0.270 e. The Balaban J connectivity index is 1.86. The molecule has 0 aliphatic carbocycles. The van der Waals surface area contributed by atoms with Gasteiger partial charge in [-0.05, 0) is 43.7 Å². The number of non-ortho nitro benzene ring substituents is 1. The van der Waals surface area contributed by atoms with Gasteiger partial charge < -0.3 is 14.7 Å². The van der Waals surface area contributed by atoms with Gasteiger partial charge in [-0.3, -0.25) is 10.1 Å². The lowest BCUT2D eigenvalue weighted by Crippen LogP contribution is -2.59. The summed E-state index contributed by atoms with van der Waals surface area (Å²) in [7, 11) is 0. The standard InChI is InChI=1S/C19H18N2O4/c1-18(2)15-5-3-4-6-16(15)20(12-22)19(18)10-9-13-11-14(21(23)24)7-8-17(13)25-19/h3-11,22H,12H2,1-2H3. The second-order valence-electron chi connectivity index (χ2n) is 6.82. The van der Waals surface area contributed by atoms with Crippen LogP contribution in [0.1, 0.15) is 25.0 Å². The number of fused-ring (bicyclic) bond motifs is 2. The van der Waals surface area contributed by atoms with Crippen molar-refractivity contribution in [3.63, 3.8) is 0 Å². The van der Waals surface area contributed by atoms with E-state index in [-0.39, 0.29) is 12.4 Å². The number of nitro benzene ring substituents is 1. The van der Waals surface area contributed by atoms with Crippen LogP contribution in [0.2, 0.25) is 0 Å². The lowest BCUT2D eigenvalue weighted by atomic mass is 9.76. The minimum Gasteiger partial charge on any atom is -0.463 e. The summed E-state index contributed by atoms with van der Waals surface area (Å²) in [6.07, 6.45) is 3.72. The van der Waals surface area contributed by atoms with Gasteiger partial charge in [-0.25, -0.2) is 0 Å². The number of rotatable bonds is 2. The highest BCUT2D eigenvalue weighted by Crippen LogP contribution is 2.54. The highest BCUT2D eigenvalue weighted by atomic mass is 16.6. The van der Waals surface area contributed by atoms with E-state index < -0.39 is 16.1 Å². The Morgan fingerprint density at radius 2 is 2.00 bits per heavy atom. The molecule has 1 unspecified atom stereocenters. The fraction of sp³-hybridized carbons (Fsp3) is 0.263. The molecule has 0 radical (unpaired) electrons. The zero-order valence-electron chi connectivity index (χ0n) is 14.0. The molecule has 1 spiro atoms. The lowest BCUT2D eigenvalue weighted by Gasteiger charge is -2.46. The van der Waals surface area contributed by atoms with Crippen molar-refractivity contribution in [2.24, 2.45) is 0 Å². The summed E-state index contributed by atoms with van der Waals surface area (Å²) in [5, 5.41) is 21.0. The maximum absolute atomic E-state index is 11.0. The lowest BCUT2D eigenvalue weighted by molar-refractivity contribution is -0.384. The summed E-state index contributed by atoms with van der Waals surface area (Å²) in [6.45, 7) is 3.94. The molecule has 0 amide bonds. The first-order valence-electron chi connectivity index (χ1n) is 8.05. The van der Waals surface area contributed by atoms with Crippen molar-refractivity contribution in [1.82, 2.24) is 0 Å². The second-order valence-corrected chi connectivity index (χ2v) is 6.82. The van der Waals surface area contributed by atoms with Crippen LogP contribution in [0.4, 0.5) is 11.4 Å². The third-order valence-electron chi connectivity index (χ3n) is 5.26. The third kappa shape index (κ3) is 1.94. The molecule has 2 aromatic rings. The molecular weight excluding hydrogens is 320 g/mol. The van der Waals surface area contributed by atoms with Crippen LogP contribution < -0.4 is 9.64 Å². The van der Waals surface area contributed by atoms with Gasteiger partial charge in [-0.15, -0.1) is 0 Å². The number of aliphatic hydroxyl groups excluding tert-OH is 1. The van der Waals surface area contributed by atoms with Crippen LogP contribution in [0, 0.1) is 10.1 Å². The number of para-hydroxylation sites is 1. The smallest absolute Gasteiger partial charge is 0.270 e. The normalized spacial score (nSPS) is 22.4. The van der Waals surface area contributed by atoms with Crippen molar-refractivity contribution < 1.29 is 14.8 Å². The Morgan fingerprint density at radius 1 is 1.24 bits per heavy atom. The van der Waals surface area contributed by atoms with Crippen molar-refractivity contribution >= 4 is 17.5 Å². The molecule has 1 atom stereocenters. The van der Waals surface area contributed by atoms with E-state index >= 15 is 0 Å². The Kier molecular flexibility index (Phi) is 3.17. The van der Waals surface area contributed by atoms with Crippen LogP contribution in [0.3, 0.4) is 0 Å². The summed E-state index contributed by atoms with van der Waals surface area (Å²) in [6, 6.07) is 12.5. The van der Waals surface area contributed by atoms with Gasteiger partial charge in [0.25, 0.3) is 5.69 Å². The average molecular weight is 338 g/mol. The first-order valence-corrected chi connectivity index (χ1v) is 8.05. The molecule has 6 heteroatoms. The van der Waals surface area contributed by atoms with Crippen LogP contribution in [0.25, 0.3) is 6.08 Å². The van der Waals surface area contributed by atoms with Crippen LogP contribution in [-0.4, -0.2) is 22.5 Å². The molecule has 6 nitrogen and oxygen atoms in total. The van der Waals surface area contributed by atoms with E-state index in [1.807, 2.05) is 41.3 Å². The van der Waals surface area contributed by atoms with Gasteiger partial charge in [0, 0.05) is 23.4 Å². The van der Waals surface area contributed by atoms with Crippen LogP contribution >= 0.6 is 0 Å². The number of anilines is 1. The monoisotopic (exact) mass is 338 g/mol. The number of aliphatic hydroxyl groups is 1. The van der Waals surface area contributed by atoms with Gasteiger partial charge in [0.2, 0.25) is 5.72 Å². The van der Waals surface area contributed by atoms with Crippen molar-refractivity contribution in [3.05, 3.63) is 69.8 Å². The van der Waals surface area contributed by atoms with Crippen LogP contribution in [-0.2, 0) is 5.41 Å². The molecule has 128 valence electrons. The number of hydrogen-bond acceptors (Lipinski definition) is 5. The summed E-state index contributed by atoms with van der Waals surface area (Å²) in [4.78, 5) is 12.4. The molecule has 2 aliphatic rings. The fourth-order valence-corrected chi connectivity index (χ4v) is 3.89. The number of ether oxygens (including phenoxy) is 1. The first kappa shape index (κ1) is 15.7. The molecule has 0 fully saturated rings.